The Hall–Kier alpha value is -2.21. The summed E-state index contributed by atoms with van der Waals surface area (Å²) in [4.78, 5) is 4.15. The average molecular weight is 275 g/mol. The van der Waals surface area contributed by atoms with Crippen molar-refractivity contribution >= 4 is 23.6 Å². The van der Waals surface area contributed by atoms with E-state index in [4.69, 9.17) is 15.0 Å². The summed E-state index contributed by atoms with van der Waals surface area (Å²) in [5.74, 6) is 0. The summed E-state index contributed by atoms with van der Waals surface area (Å²) in [6.45, 7) is 0.579. The van der Waals surface area contributed by atoms with Gasteiger partial charge in [0.1, 0.15) is 16.9 Å². The third-order valence-corrected chi connectivity index (χ3v) is 2.66. The highest BCUT2D eigenvalue weighted by Crippen LogP contribution is 2.14. The minimum absolute atomic E-state index is 0.148. The van der Waals surface area contributed by atoms with Gasteiger partial charge in [-0.25, -0.2) is 0 Å². The molecule has 1 atom stereocenters. The molecule has 0 aliphatic carbocycles. The summed E-state index contributed by atoms with van der Waals surface area (Å²) >= 11 is 4.63. The fourth-order valence-corrected chi connectivity index (χ4v) is 1.56. The number of hydrogen-bond acceptors (Lipinski definition) is 5. The highest BCUT2D eigenvalue weighted by molar-refractivity contribution is 7.80. The maximum Gasteiger partial charge on any atom is 0.170 e. The summed E-state index contributed by atoms with van der Waals surface area (Å²) in [5.41, 5.74) is 7.19. The molecule has 1 aromatic heterocycles. The quantitative estimate of drug-likeness (QED) is 0.849. The topological polar surface area (TPSA) is 73.6 Å². The van der Waals surface area contributed by atoms with E-state index < -0.39 is 0 Å². The Morgan fingerprint density at radius 2 is 2.05 bits per heavy atom. The monoisotopic (exact) mass is 275 g/mol. The van der Waals surface area contributed by atoms with Crippen molar-refractivity contribution in [1.29, 1.82) is 0 Å². The van der Waals surface area contributed by atoms with E-state index in [-0.39, 0.29) is 6.10 Å². The van der Waals surface area contributed by atoms with Crippen LogP contribution in [-0.4, -0.2) is 29.2 Å². The number of nitrogens with two attached hydrogens (primary N) is 1. The largest absolute Gasteiger partial charge is 0.471 e. The fraction of sp³-hybridized carbons (Fsp3) is 0.154. The molecule has 0 radical (unpaired) electrons. The molecule has 2 heterocycles. The van der Waals surface area contributed by atoms with Gasteiger partial charge in [-0.3, -0.25) is 4.99 Å². The molecule has 1 aromatic carbocycles. The van der Waals surface area contributed by atoms with Crippen LogP contribution in [0.15, 0.2) is 52.2 Å². The summed E-state index contributed by atoms with van der Waals surface area (Å²) in [7, 11) is 0. The van der Waals surface area contributed by atoms with E-state index >= 15 is 0 Å². The molecule has 0 saturated heterocycles. The van der Waals surface area contributed by atoms with Gasteiger partial charge in [0.2, 0.25) is 0 Å². The normalized spacial score (nSPS) is 16.3. The molecule has 1 aliphatic rings. The minimum Gasteiger partial charge on any atom is -0.471 e. The molecule has 2 aromatic rings. The first-order valence-corrected chi connectivity index (χ1v) is 6.07. The van der Waals surface area contributed by atoms with Crippen molar-refractivity contribution in [2.24, 2.45) is 10.7 Å². The molecule has 2 N–H and O–H groups in total. The Kier molecular flexibility index (Phi) is 4.63. The van der Waals surface area contributed by atoms with E-state index in [0.29, 0.717) is 11.5 Å². The van der Waals surface area contributed by atoms with Crippen LogP contribution in [0.3, 0.4) is 0 Å². The Balaban J connectivity index is 0.000000148. The molecular formula is C13H13N3O2S. The van der Waals surface area contributed by atoms with Crippen LogP contribution in [0.5, 0.6) is 0 Å². The number of hydrogen-bond donors (Lipinski definition) is 1. The smallest absolute Gasteiger partial charge is 0.170 e. The van der Waals surface area contributed by atoms with Crippen molar-refractivity contribution in [1.82, 2.24) is 5.16 Å². The molecule has 0 saturated carbocycles. The Morgan fingerprint density at radius 3 is 2.53 bits per heavy atom. The van der Waals surface area contributed by atoms with E-state index in [2.05, 4.69) is 22.4 Å². The van der Waals surface area contributed by atoms with Gasteiger partial charge in [-0.05, 0) is 0 Å². The lowest BCUT2D eigenvalue weighted by Crippen LogP contribution is -2.28. The van der Waals surface area contributed by atoms with Crippen LogP contribution in [0, 0.1) is 0 Å². The van der Waals surface area contributed by atoms with Crippen LogP contribution in [0.25, 0.3) is 11.3 Å². The molecule has 1 aliphatic heterocycles. The third-order valence-electron chi connectivity index (χ3n) is 2.40. The van der Waals surface area contributed by atoms with Crippen LogP contribution in [0.1, 0.15) is 0 Å². The maximum absolute atomic E-state index is 5.22. The zero-order valence-corrected chi connectivity index (χ0v) is 10.9. The highest BCUT2D eigenvalue weighted by atomic mass is 32.1. The first-order chi connectivity index (χ1) is 9.27. The van der Waals surface area contributed by atoms with Crippen molar-refractivity contribution in [3.8, 4) is 11.3 Å². The molecular weight excluding hydrogens is 262 g/mol. The number of aliphatic imine (C=N–C) groups is 1. The predicted octanol–water partition coefficient (Wildman–Crippen LogP) is 2.04. The Bertz CT molecular complexity index is 532. The Labute approximate surface area is 116 Å². The lowest BCUT2D eigenvalue weighted by Gasteiger charge is -2.03. The molecule has 5 nitrogen and oxygen atoms in total. The predicted molar refractivity (Wildman–Crippen MR) is 77.0 cm³/mol. The molecule has 0 bridgehead atoms. The Morgan fingerprint density at radius 1 is 1.26 bits per heavy atom. The van der Waals surface area contributed by atoms with Crippen LogP contribution in [-0.2, 0) is 4.74 Å². The van der Waals surface area contributed by atoms with E-state index in [9.17, 15) is 0 Å². The molecule has 0 fully saturated rings. The fourth-order valence-electron chi connectivity index (χ4n) is 1.43. The van der Waals surface area contributed by atoms with Crippen LogP contribution in [0.2, 0.25) is 0 Å². The van der Waals surface area contributed by atoms with Gasteiger partial charge in [-0.2, -0.15) is 0 Å². The van der Waals surface area contributed by atoms with Crippen LogP contribution >= 0.6 is 12.2 Å². The van der Waals surface area contributed by atoms with Crippen molar-refractivity contribution in [2.45, 2.75) is 6.10 Å². The average Bonchev–Trinajstić information content (AvgIpc) is 3.14. The molecule has 6 heteroatoms. The van der Waals surface area contributed by atoms with E-state index in [1.807, 2.05) is 36.4 Å². The van der Waals surface area contributed by atoms with Crippen molar-refractivity contribution in [3.05, 3.63) is 42.7 Å². The molecule has 0 spiro atoms. The first-order valence-electron chi connectivity index (χ1n) is 5.66. The van der Waals surface area contributed by atoms with Gasteiger partial charge in [0.05, 0.1) is 6.54 Å². The second kappa shape index (κ2) is 6.65. The zero-order valence-electron chi connectivity index (χ0n) is 10.1. The molecule has 98 valence electrons. The number of ether oxygens (including phenoxy) is 1. The third kappa shape index (κ3) is 3.89. The van der Waals surface area contributed by atoms with Gasteiger partial charge >= 0.3 is 0 Å². The SMILES string of the molecule is NC(=S)C1CN=CO1.c1ccc(-c2ccon2)cc1. The van der Waals surface area contributed by atoms with Gasteiger partial charge in [0.15, 0.2) is 12.5 Å². The molecule has 0 amide bonds. The van der Waals surface area contributed by atoms with E-state index in [0.717, 1.165) is 11.3 Å². The lowest BCUT2D eigenvalue weighted by molar-refractivity contribution is 0.305. The van der Waals surface area contributed by atoms with Crippen LogP contribution in [0.4, 0.5) is 0 Å². The van der Waals surface area contributed by atoms with Crippen molar-refractivity contribution in [2.75, 3.05) is 6.54 Å². The van der Waals surface area contributed by atoms with E-state index in [1.165, 1.54) is 6.40 Å². The number of benzene rings is 1. The number of aromatic nitrogens is 1. The number of nitrogens with zero attached hydrogens (tertiary/aromatic N) is 2. The molecule has 19 heavy (non-hydrogen) atoms. The maximum atomic E-state index is 5.22. The molecule has 1 unspecified atom stereocenters. The summed E-state index contributed by atoms with van der Waals surface area (Å²) in [6.07, 6.45) is 2.80. The lowest BCUT2D eigenvalue weighted by atomic mass is 10.2. The second-order valence-electron chi connectivity index (χ2n) is 3.75. The summed E-state index contributed by atoms with van der Waals surface area (Å²) in [6, 6.07) is 11.8. The summed E-state index contributed by atoms with van der Waals surface area (Å²) in [5, 5.41) is 3.81. The number of rotatable bonds is 2. The zero-order chi connectivity index (χ0) is 13.5. The number of thiocarbonyl (C=S) groups is 1. The van der Waals surface area contributed by atoms with Gasteiger partial charge in [0.25, 0.3) is 0 Å². The first kappa shape index (κ1) is 13.2. The highest BCUT2D eigenvalue weighted by Gasteiger charge is 2.14. The minimum atomic E-state index is -0.148. The van der Waals surface area contributed by atoms with Gasteiger partial charge in [-0.15, -0.1) is 0 Å². The summed E-state index contributed by atoms with van der Waals surface area (Å²) < 4.78 is 9.58. The second-order valence-corrected chi connectivity index (χ2v) is 4.22. The van der Waals surface area contributed by atoms with Crippen molar-refractivity contribution in [3.63, 3.8) is 0 Å². The van der Waals surface area contributed by atoms with Gasteiger partial charge in [-0.1, -0.05) is 47.7 Å². The van der Waals surface area contributed by atoms with Crippen LogP contribution < -0.4 is 5.73 Å². The standard InChI is InChI=1S/C9H7NO.C4H6N2OS/c1-2-4-8(5-3-1)9-6-7-11-10-9;5-4(8)3-1-6-2-7-3/h1-7H;2-3H,1H2,(H2,5,8). The van der Waals surface area contributed by atoms with E-state index in [1.54, 1.807) is 6.26 Å². The van der Waals surface area contributed by atoms with Gasteiger partial charge in [0, 0.05) is 11.6 Å². The van der Waals surface area contributed by atoms with Crippen molar-refractivity contribution < 1.29 is 9.26 Å². The molecule has 3 rings (SSSR count). The van der Waals surface area contributed by atoms with Gasteiger partial charge < -0.3 is 15.0 Å².